The van der Waals surface area contributed by atoms with Gasteiger partial charge < -0.3 is 5.32 Å². The molecule has 1 N–H and O–H groups in total. The van der Waals surface area contributed by atoms with Gasteiger partial charge in [-0.25, -0.2) is 0 Å². The van der Waals surface area contributed by atoms with Gasteiger partial charge in [-0.2, -0.15) is 0 Å². The summed E-state index contributed by atoms with van der Waals surface area (Å²) in [5.41, 5.74) is 0.903. The lowest BCUT2D eigenvalue weighted by Gasteiger charge is -2.13. The second-order valence-electron chi connectivity index (χ2n) is 3.98. The Morgan fingerprint density at radius 2 is 2.22 bits per heavy atom. The Hall–Kier alpha value is -2.43. The number of anilines is 1. The minimum atomic E-state index is -0.398. The first kappa shape index (κ1) is 12.0. The topological polar surface area (TPSA) is 68.1 Å². The number of nitrogens with one attached hydrogen (secondary N) is 1. The van der Waals surface area contributed by atoms with Crippen LogP contribution in [0.5, 0.6) is 0 Å². The lowest BCUT2D eigenvalue weighted by molar-refractivity contribution is -0.383. The summed E-state index contributed by atoms with van der Waals surface area (Å²) in [6, 6.07) is 5.05. The van der Waals surface area contributed by atoms with Crippen molar-refractivity contribution in [1.82, 2.24) is 4.98 Å². The molecule has 0 fully saturated rings. The van der Waals surface area contributed by atoms with E-state index in [2.05, 4.69) is 16.9 Å². The molecule has 0 aliphatic rings. The third kappa shape index (κ3) is 2.15. The molecule has 1 aromatic heterocycles. The molecule has 0 saturated heterocycles. The summed E-state index contributed by atoms with van der Waals surface area (Å²) < 4.78 is 0. The van der Waals surface area contributed by atoms with E-state index in [0.717, 1.165) is 11.1 Å². The van der Waals surface area contributed by atoms with Gasteiger partial charge in [-0.1, -0.05) is 6.08 Å². The van der Waals surface area contributed by atoms with Crippen LogP contribution in [-0.4, -0.2) is 15.9 Å². The average Bonchev–Trinajstić information content (AvgIpc) is 2.38. The van der Waals surface area contributed by atoms with Crippen LogP contribution in [0.25, 0.3) is 10.8 Å². The summed E-state index contributed by atoms with van der Waals surface area (Å²) in [5.74, 6) is 0. The molecule has 0 bridgehead atoms. The second kappa shape index (κ2) is 4.83. The van der Waals surface area contributed by atoms with E-state index in [1.165, 1.54) is 12.3 Å². The van der Waals surface area contributed by atoms with E-state index in [1.54, 1.807) is 24.4 Å². The lowest BCUT2D eigenvalue weighted by atomic mass is 10.1. The largest absolute Gasteiger partial charge is 0.379 e. The number of pyridine rings is 1. The third-order valence-corrected chi connectivity index (χ3v) is 2.73. The Morgan fingerprint density at radius 1 is 1.44 bits per heavy atom. The number of rotatable bonds is 4. The zero-order valence-electron chi connectivity index (χ0n) is 9.96. The minimum absolute atomic E-state index is 0.0647. The maximum absolute atomic E-state index is 10.9. The van der Waals surface area contributed by atoms with Gasteiger partial charge in [0.25, 0.3) is 5.69 Å². The van der Waals surface area contributed by atoms with Crippen LogP contribution in [0.15, 0.2) is 43.2 Å². The number of benzene rings is 1. The smallest absolute Gasteiger partial charge is 0.278 e. The van der Waals surface area contributed by atoms with Crippen molar-refractivity contribution in [2.24, 2.45) is 0 Å². The van der Waals surface area contributed by atoms with E-state index >= 15 is 0 Å². The number of fused-ring (bicyclic) bond motifs is 1. The second-order valence-corrected chi connectivity index (χ2v) is 3.98. The number of nitrogens with zero attached hydrogens (tertiary/aromatic N) is 2. The number of hydrogen-bond donors (Lipinski definition) is 1. The van der Waals surface area contributed by atoms with E-state index < -0.39 is 4.92 Å². The quantitative estimate of drug-likeness (QED) is 0.509. The van der Waals surface area contributed by atoms with E-state index in [1.807, 2.05) is 6.92 Å². The minimum Gasteiger partial charge on any atom is -0.379 e. The van der Waals surface area contributed by atoms with Crippen molar-refractivity contribution in [3.05, 3.63) is 53.4 Å². The van der Waals surface area contributed by atoms with Gasteiger partial charge in [0.1, 0.15) is 0 Å². The van der Waals surface area contributed by atoms with Gasteiger partial charge in [-0.05, 0) is 19.1 Å². The van der Waals surface area contributed by atoms with Gasteiger partial charge in [-0.3, -0.25) is 15.1 Å². The average molecular weight is 243 g/mol. The lowest BCUT2D eigenvalue weighted by Crippen LogP contribution is -2.11. The zero-order valence-corrected chi connectivity index (χ0v) is 9.96. The molecule has 1 unspecified atom stereocenters. The van der Waals surface area contributed by atoms with Gasteiger partial charge in [0.2, 0.25) is 0 Å². The van der Waals surface area contributed by atoms with Crippen molar-refractivity contribution in [2.75, 3.05) is 5.32 Å². The zero-order chi connectivity index (χ0) is 13.1. The fraction of sp³-hybridized carbons (Fsp3) is 0.154. The third-order valence-electron chi connectivity index (χ3n) is 2.73. The number of nitro groups is 1. The number of non-ortho nitro benzene ring substituents is 1. The molecule has 5 heteroatoms. The molecule has 1 heterocycles. The molecule has 2 aromatic rings. The Balaban J connectivity index is 2.60. The summed E-state index contributed by atoms with van der Waals surface area (Å²) in [7, 11) is 0. The molecule has 5 nitrogen and oxygen atoms in total. The van der Waals surface area contributed by atoms with Crippen LogP contribution in [0, 0.1) is 10.1 Å². The molecule has 18 heavy (non-hydrogen) atoms. The van der Waals surface area contributed by atoms with Crippen molar-refractivity contribution in [3.8, 4) is 0 Å². The van der Waals surface area contributed by atoms with Crippen LogP contribution < -0.4 is 5.32 Å². The first-order chi connectivity index (χ1) is 8.63. The first-order valence-electron chi connectivity index (χ1n) is 5.53. The van der Waals surface area contributed by atoms with E-state index in [9.17, 15) is 10.1 Å². The van der Waals surface area contributed by atoms with Gasteiger partial charge in [0.05, 0.1) is 10.3 Å². The summed E-state index contributed by atoms with van der Waals surface area (Å²) in [4.78, 5) is 14.5. The molecule has 1 aromatic carbocycles. The fourth-order valence-corrected chi connectivity index (χ4v) is 1.76. The monoisotopic (exact) mass is 243 g/mol. The number of aromatic nitrogens is 1. The predicted octanol–water partition coefficient (Wildman–Crippen LogP) is 3.13. The van der Waals surface area contributed by atoms with Gasteiger partial charge in [-0.15, -0.1) is 6.58 Å². The highest BCUT2D eigenvalue weighted by atomic mass is 16.6. The Morgan fingerprint density at radius 3 is 2.89 bits per heavy atom. The van der Waals surface area contributed by atoms with Crippen molar-refractivity contribution < 1.29 is 4.92 Å². The van der Waals surface area contributed by atoms with E-state index in [-0.39, 0.29) is 11.7 Å². The van der Waals surface area contributed by atoms with Crippen LogP contribution in [0.3, 0.4) is 0 Å². The maximum atomic E-state index is 10.9. The number of hydrogen-bond acceptors (Lipinski definition) is 4. The Bertz CT molecular complexity index is 610. The van der Waals surface area contributed by atoms with Crippen molar-refractivity contribution in [3.63, 3.8) is 0 Å². The van der Waals surface area contributed by atoms with E-state index in [4.69, 9.17) is 0 Å². The Kier molecular flexibility index (Phi) is 3.23. The van der Waals surface area contributed by atoms with Crippen LogP contribution in [0.4, 0.5) is 11.4 Å². The van der Waals surface area contributed by atoms with E-state index in [0.29, 0.717) is 5.39 Å². The molecule has 0 spiro atoms. The van der Waals surface area contributed by atoms with Gasteiger partial charge >= 0.3 is 0 Å². The van der Waals surface area contributed by atoms with Crippen LogP contribution >= 0.6 is 0 Å². The van der Waals surface area contributed by atoms with Gasteiger partial charge in [0.15, 0.2) is 0 Å². The van der Waals surface area contributed by atoms with Crippen LogP contribution in [0.2, 0.25) is 0 Å². The molecular weight excluding hydrogens is 230 g/mol. The molecule has 0 aliphatic heterocycles. The maximum Gasteiger partial charge on any atom is 0.278 e. The number of nitro benzene ring substituents is 1. The van der Waals surface area contributed by atoms with Crippen molar-refractivity contribution in [2.45, 2.75) is 13.0 Å². The predicted molar refractivity (Wildman–Crippen MR) is 71.7 cm³/mol. The van der Waals surface area contributed by atoms with Gasteiger partial charge in [0, 0.05) is 35.6 Å². The summed E-state index contributed by atoms with van der Waals surface area (Å²) >= 11 is 0. The summed E-state index contributed by atoms with van der Waals surface area (Å²) in [6.45, 7) is 5.66. The molecule has 0 amide bonds. The standard InChI is InChI=1S/C13H13N3O2/c1-3-9(2)15-12-4-5-13(16(17)18)11-8-14-7-6-10(11)12/h3-9,15H,1H2,2H3. The fourth-order valence-electron chi connectivity index (χ4n) is 1.76. The SMILES string of the molecule is C=CC(C)Nc1ccc([N+](=O)[O-])c2cnccc12. The Labute approximate surface area is 104 Å². The van der Waals surface area contributed by atoms with Crippen LogP contribution in [-0.2, 0) is 0 Å². The highest BCUT2D eigenvalue weighted by molar-refractivity contribution is 5.99. The van der Waals surface area contributed by atoms with Crippen molar-refractivity contribution >= 4 is 22.1 Å². The molecule has 2 rings (SSSR count). The first-order valence-corrected chi connectivity index (χ1v) is 5.53. The molecule has 0 radical (unpaired) electrons. The highest BCUT2D eigenvalue weighted by Crippen LogP contribution is 2.30. The molecular formula is C13H13N3O2. The summed E-state index contributed by atoms with van der Waals surface area (Å²) in [5, 5.41) is 15.5. The molecule has 92 valence electrons. The molecule has 0 aliphatic carbocycles. The molecule has 0 saturated carbocycles. The summed E-state index contributed by atoms with van der Waals surface area (Å²) in [6.07, 6.45) is 4.90. The normalized spacial score (nSPS) is 12.1. The highest BCUT2D eigenvalue weighted by Gasteiger charge is 2.14. The van der Waals surface area contributed by atoms with Crippen molar-refractivity contribution in [1.29, 1.82) is 0 Å². The molecule has 1 atom stereocenters. The van der Waals surface area contributed by atoms with Crippen LogP contribution in [0.1, 0.15) is 6.92 Å².